The Hall–Kier alpha value is -0.0800. The second-order valence-electron chi connectivity index (χ2n) is 5.63. The maximum atomic E-state index is 5.67. The summed E-state index contributed by atoms with van der Waals surface area (Å²) in [5.41, 5.74) is 0. The van der Waals surface area contributed by atoms with Gasteiger partial charge in [0, 0.05) is 25.8 Å². The predicted octanol–water partition coefficient (Wildman–Crippen LogP) is 3.95. The Morgan fingerprint density at radius 1 is 0.941 bits per heavy atom. The van der Waals surface area contributed by atoms with Crippen molar-refractivity contribution in [3.63, 3.8) is 0 Å². The quantitative estimate of drug-likeness (QED) is 0.509. The van der Waals surface area contributed by atoms with Crippen molar-refractivity contribution in [1.82, 2.24) is 4.90 Å². The molecule has 0 saturated carbocycles. The third-order valence-electron chi connectivity index (χ3n) is 3.05. The van der Waals surface area contributed by atoms with Crippen molar-refractivity contribution in [2.75, 3.05) is 26.3 Å². The van der Waals surface area contributed by atoms with Crippen LogP contribution in [-0.4, -0.2) is 37.2 Å². The number of nitrogens with zero attached hydrogens (tertiary/aromatic N) is 1. The molecule has 0 aromatic carbocycles. The van der Waals surface area contributed by atoms with Gasteiger partial charge in [-0.15, -0.1) is 0 Å². The molecule has 17 heavy (non-hydrogen) atoms. The minimum Gasteiger partial charge on any atom is -0.381 e. The van der Waals surface area contributed by atoms with Gasteiger partial charge in [0.25, 0.3) is 0 Å². The van der Waals surface area contributed by atoms with E-state index in [2.05, 4.69) is 39.5 Å². The molecular weight excluding hydrogens is 210 g/mol. The molecule has 2 nitrogen and oxygen atoms in total. The van der Waals surface area contributed by atoms with Crippen LogP contribution in [0.1, 0.15) is 60.3 Å². The Morgan fingerprint density at radius 2 is 1.59 bits per heavy atom. The largest absolute Gasteiger partial charge is 0.381 e. The molecule has 0 amide bonds. The fourth-order valence-electron chi connectivity index (χ4n) is 1.98. The molecule has 0 heterocycles. The number of rotatable bonds is 11. The summed E-state index contributed by atoms with van der Waals surface area (Å²) in [5.74, 6) is 0.805. The Kier molecular flexibility index (Phi) is 11.0. The first-order valence-electron chi connectivity index (χ1n) is 7.39. The van der Waals surface area contributed by atoms with E-state index in [9.17, 15) is 0 Å². The molecule has 0 fully saturated rings. The van der Waals surface area contributed by atoms with Crippen LogP contribution in [0.15, 0.2) is 0 Å². The fraction of sp³-hybridized carbons (Fsp3) is 1.00. The third-order valence-corrected chi connectivity index (χ3v) is 3.05. The molecule has 0 radical (unpaired) electrons. The molecule has 0 aromatic rings. The first-order chi connectivity index (χ1) is 8.07. The Bertz CT molecular complexity index is 157. The summed E-state index contributed by atoms with van der Waals surface area (Å²) in [6, 6.07) is 0.663. The molecule has 0 rings (SSSR count). The first-order valence-corrected chi connectivity index (χ1v) is 7.39. The Morgan fingerprint density at radius 3 is 2.12 bits per heavy atom. The molecule has 2 heteroatoms. The summed E-state index contributed by atoms with van der Waals surface area (Å²) in [4.78, 5) is 2.54. The van der Waals surface area contributed by atoms with Crippen LogP contribution in [0.2, 0.25) is 0 Å². The lowest BCUT2D eigenvalue weighted by molar-refractivity contribution is 0.110. The molecule has 0 aromatic heterocycles. The lowest BCUT2D eigenvalue weighted by Crippen LogP contribution is -2.33. The zero-order valence-electron chi connectivity index (χ0n) is 12.7. The SMILES string of the molecule is CCCN(CCCOCCCC(C)C)C(C)C. The minimum atomic E-state index is 0.663. The van der Waals surface area contributed by atoms with Gasteiger partial charge in [0.05, 0.1) is 0 Å². The van der Waals surface area contributed by atoms with Crippen molar-refractivity contribution >= 4 is 0 Å². The van der Waals surface area contributed by atoms with Crippen LogP contribution < -0.4 is 0 Å². The summed E-state index contributed by atoms with van der Waals surface area (Å²) < 4.78 is 5.67. The van der Waals surface area contributed by atoms with Crippen LogP contribution in [0, 0.1) is 5.92 Å². The third kappa shape index (κ3) is 10.8. The highest BCUT2D eigenvalue weighted by Crippen LogP contribution is 2.04. The second-order valence-corrected chi connectivity index (χ2v) is 5.63. The van der Waals surface area contributed by atoms with E-state index in [4.69, 9.17) is 4.74 Å². The van der Waals surface area contributed by atoms with Crippen LogP contribution in [0.25, 0.3) is 0 Å². The molecule has 0 bridgehead atoms. The fourth-order valence-corrected chi connectivity index (χ4v) is 1.98. The molecular formula is C15H33NO. The zero-order valence-corrected chi connectivity index (χ0v) is 12.7. The molecule has 0 atom stereocenters. The normalized spacial score (nSPS) is 12.0. The van der Waals surface area contributed by atoms with Gasteiger partial charge in [-0.1, -0.05) is 20.8 Å². The summed E-state index contributed by atoms with van der Waals surface area (Å²) in [7, 11) is 0. The van der Waals surface area contributed by atoms with E-state index < -0.39 is 0 Å². The Balaban J connectivity index is 3.36. The summed E-state index contributed by atoms with van der Waals surface area (Å²) in [5, 5.41) is 0. The van der Waals surface area contributed by atoms with E-state index in [1.54, 1.807) is 0 Å². The molecule has 0 unspecified atom stereocenters. The van der Waals surface area contributed by atoms with Gasteiger partial charge in [-0.25, -0.2) is 0 Å². The highest BCUT2D eigenvalue weighted by molar-refractivity contribution is 4.61. The molecule has 104 valence electrons. The average molecular weight is 243 g/mol. The smallest absolute Gasteiger partial charge is 0.0478 e. The average Bonchev–Trinajstić information content (AvgIpc) is 2.25. The number of hydrogen-bond donors (Lipinski definition) is 0. The first kappa shape index (κ1) is 16.9. The maximum absolute atomic E-state index is 5.67. The van der Waals surface area contributed by atoms with Gasteiger partial charge in [-0.3, -0.25) is 0 Å². The number of ether oxygens (including phenoxy) is 1. The molecule has 0 aliphatic heterocycles. The van der Waals surface area contributed by atoms with E-state index in [0.717, 1.165) is 19.1 Å². The van der Waals surface area contributed by atoms with Gasteiger partial charge < -0.3 is 9.64 Å². The predicted molar refractivity (Wildman–Crippen MR) is 76.5 cm³/mol. The van der Waals surface area contributed by atoms with Crippen molar-refractivity contribution in [2.24, 2.45) is 5.92 Å². The van der Waals surface area contributed by atoms with E-state index in [0.29, 0.717) is 6.04 Å². The lowest BCUT2D eigenvalue weighted by atomic mass is 10.1. The summed E-state index contributed by atoms with van der Waals surface area (Å²) in [6.07, 6.45) is 4.90. The van der Waals surface area contributed by atoms with Crippen molar-refractivity contribution in [3.8, 4) is 0 Å². The van der Waals surface area contributed by atoms with Crippen molar-refractivity contribution in [2.45, 2.75) is 66.3 Å². The molecule has 0 N–H and O–H groups in total. The topological polar surface area (TPSA) is 12.5 Å². The highest BCUT2D eigenvalue weighted by atomic mass is 16.5. The van der Waals surface area contributed by atoms with Gasteiger partial charge in [-0.05, 0) is 52.0 Å². The Labute approximate surface area is 109 Å². The lowest BCUT2D eigenvalue weighted by Gasteiger charge is -2.25. The highest BCUT2D eigenvalue weighted by Gasteiger charge is 2.06. The van der Waals surface area contributed by atoms with Gasteiger partial charge in [0.15, 0.2) is 0 Å². The maximum Gasteiger partial charge on any atom is 0.0478 e. The van der Waals surface area contributed by atoms with Gasteiger partial charge in [0.1, 0.15) is 0 Å². The van der Waals surface area contributed by atoms with Crippen LogP contribution >= 0.6 is 0 Å². The van der Waals surface area contributed by atoms with E-state index in [1.807, 2.05) is 0 Å². The van der Waals surface area contributed by atoms with E-state index >= 15 is 0 Å². The van der Waals surface area contributed by atoms with E-state index in [-0.39, 0.29) is 0 Å². The van der Waals surface area contributed by atoms with Crippen LogP contribution in [0.4, 0.5) is 0 Å². The van der Waals surface area contributed by atoms with Crippen molar-refractivity contribution < 1.29 is 4.74 Å². The molecule has 0 aliphatic carbocycles. The number of hydrogen-bond acceptors (Lipinski definition) is 2. The van der Waals surface area contributed by atoms with Crippen molar-refractivity contribution in [1.29, 1.82) is 0 Å². The standard InChI is InChI=1S/C15H33NO/c1-6-10-16(15(4)5)11-8-13-17-12-7-9-14(2)3/h14-15H,6-13H2,1-5H3. The van der Waals surface area contributed by atoms with Gasteiger partial charge in [0.2, 0.25) is 0 Å². The molecule has 0 spiro atoms. The van der Waals surface area contributed by atoms with Gasteiger partial charge in [-0.2, -0.15) is 0 Å². The zero-order chi connectivity index (χ0) is 13.1. The van der Waals surface area contributed by atoms with E-state index in [1.165, 1.54) is 38.8 Å². The second kappa shape index (κ2) is 11.0. The van der Waals surface area contributed by atoms with Crippen molar-refractivity contribution in [3.05, 3.63) is 0 Å². The summed E-state index contributed by atoms with van der Waals surface area (Å²) in [6.45, 7) is 15.6. The van der Waals surface area contributed by atoms with Crippen LogP contribution in [-0.2, 0) is 4.74 Å². The van der Waals surface area contributed by atoms with Gasteiger partial charge >= 0.3 is 0 Å². The molecule has 0 saturated heterocycles. The van der Waals surface area contributed by atoms with Crippen LogP contribution in [0.3, 0.4) is 0 Å². The molecule has 0 aliphatic rings. The van der Waals surface area contributed by atoms with Crippen LogP contribution in [0.5, 0.6) is 0 Å². The minimum absolute atomic E-state index is 0.663. The monoisotopic (exact) mass is 243 g/mol. The summed E-state index contributed by atoms with van der Waals surface area (Å²) >= 11 is 0.